The highest BCUT2D eigenvalue weighted by atomic mass is 32.2. The van der Waals surface area contributed by atoms with Crippen LogP contribution in [0, 0.1) is 0 Å². The van der Waals surface area contributed by atoms with E-state index in [-0.39, 0.29) is 28.6 Å². The first-order valence-electron chi connectivity index (χ1n) is 8.13. The SMILES string of the molecule is [B]C([B])([B])NC(=O)c1nnc(NC(=O)OC)cc1Nc1ccccc1NS(C)(=O)=O. The van der Waals surface area contributed by atoms with Gasteiger partial charge in [-0.25, -0.2) is 13.2 Å². The molecule has 2 rings (SSSR count). The van der Waals surface area contributed by atoms with Crippen molar-refractivity contribution in [1.29, 1.82) is 0 Å². The van der Waals surface area contributed by atoms with Crippen molar-refractivity contribution in [3.05, 3.63) is 36.0 Å². The van der Waals surface area contributed by atoms with Gasteiger partial charge in [-0.3, -0.25) is 14.8 Å². The van der Waals surface area contributed by atoms with E-state index < -0.39 is 27.3 Å². The van der Waals surface area contributed by atoms with Crippen LogP contribution in [0.1, 0.15) is 10.5 Å². The summed E-state index contributed by atoms with van der Waals surface area (Å²) in [7, 11) is 13.7. The molecule has 11 nitrogen and oxygen atoms in total. The minimum atomic E-state index is -3.59. The molecule has 150 valence electrons. The molecule has 0 saturated heterocycles. The summed E-state index contributed by atoms with van der Waals surface area (Å²) in [5.74, 6) is -0.940. The van der Waals surface area contributed by atoms with Crippen LogP contribution in [0.3, 0.4) is 0 Å². The van der Waals surface area contributed by atoms with Gasteiger partial charge in [-0.15, -0.1) is 10.2 Å². The van der Waals surface area contributed by atoms with Crippen LogP contribution in [-0.2, 0) is 14.8 Å². The average molecular weight is 424 g/mol. The Hall–Kier alpha value is -3.22. The number of carbonyl (C=O) groups is 2. The number of hydrogen-bond acceptors (Lipinski definition) is 8. The monoisotopic (exact) mass is 424 g/mol. The number of amides is 2. The number of benzene rings is 1. The lowest BCUT2D eigenvalue weighted by molar-refractivity contribution is 0.0947. The maximum atomic E-state index is 12.5. The zero-order chi connectivity index (χ0) is 22.5. The van der Waals surface area contributed by atoms with E-state index in [4.69, 9.17) is 23.5 Å². The van der Waals surface area contributed by atoms with Gasteiger partial charge >= 0.3 is 6.09 Å². The molecule has 0 spiro atoms. The molecule has 1 aromatic carbocycles. The van der Waals surface area contributed by atoms with E-state index in [1.165, 1.54) is 12.1 Å². The van der Waals surface area contributed by atoms with Gasteiger partial charge in [0.05, 0.1) is 54.0 Å². The molecule has 0 aliphatic heterocycles. The molecule has 0 atom stereocenters. The van der Waals surface area contributed by atoms with E-state index >= 15 is 0 Å². The summed E-state index contributed by atoms with van der Waals surface area (Å²) >= 11 is 0. The molecule has 6 radical (unpaired) electrons. The van der Waals surface area contributed by atoms with Crippen LogP contribution >= 0.6 is 0 Å². The van der Waals surface area contributed by atoms with Crippen LogP contribution in [0.25, 0.3) is 0 Å². The second-order valence-electron chi connectivity index (χ2n) is 6.04. The third-order valence-electron chi connectivity index (χ3n) is 3.25. The smallest absolute Gasteiger partial charge is 0.412 e. The van der Waals surface area contributed by atoms with Crippen molar-refractivity contribution in [2.75, 3.05) is 28.7 Å². The number of para-hydroxylation sites is 2. The quantitative estimate of drug-likeness (QED) is 0.440. The number of sulfonamides is 1. The maximum absolute atomic E-state index is 12.5. The topological polar surface area (TPSA) is 151 Å². The highest BCUT2D eigenvalue weighted by molar-refractivity contribution is 7.92. The van der Waals surface area contributed by atoms with Crippen molar-refractivity contribution in [2.24, 2.45) is 0 Å². The maximum Gasteiger partial charge on any atom is 0.412 e. The molecule has 30 heavy (non-hydrogen) atoms. The molecular formula is C15H15B3N6O5S. The van der Waals surface area contributed by atoms with Crippen LogP contribution in [0.4, 0.5) is 27.7 Å². The molecule has 0 fully saturated rings. The van der Waals surface area contributed by atoms with Crippen LogP contribution in [0.2, 0.25) is 0 Å². The number of rotatable bonds is 7. The summed E-state index contributed by atoms with van der Waals surface area (Å²) in [6.45, 7) is 0. The Morgan fingerprint density at radius 1 is 1.07 bits per heavy atom. The Labute approximate surface area is 177 Å². The lowest BCUT2D eigenvalue weighted by Crippen LogP contribution is -2.50. The van der Waals surface area contributed by atoms with E-state index in [0.29, 0.717) is 0 Å². The van der Waals surface area contributed by atoms with Crippen molar-refractivity contribution in [3.8, 4) is 0 Å². The minimum absolute atomic E-state index is 0.0286. The van der Waals surface area contributed by atoms with Gasteiger partial charge in [0.15, 0.2) is 11.5 Å². The Morgan fingerprint density at radius 2 is 1.70 bits per heavy atom. The molecule has 0 aliphatic carbocycles. The number of hydrogen-bond donors (Lipinski definition) is 4. The zero-order valence-corrected chi connectivity index (χ0v) is 16.8. The van der Waals surface area contributed by atoms with Crippen molar-refractivity contribution < 1.29 is 22.7 Å². The average Bonchev–Trinajstić information content (AvgIpc) is 2.60. The summed E-state index contributed by atoms with van der Waals surface area (Å²) in [4.78, 5) is 23.9. The van der Waals surface area contributed by atoms with E-state index in [0.717, 1.165) is 13.4 Å². The van der Waals surface area contributed by atoms with Crippen LogP contribution in [0.5, 0.6) is 0 Å². The normalized spacial score (nSPS) is 11.3. The number of aromatic nitrogens is 2. The van der Waals surface area contributed by atoms with Crippen LogP contribution < -0.4 is 20.7 Å². The molecule has 15 heteroatoms. The number of anilines is 4. The summed E-state index contributed by atoms with van der Waals surface area (Å²) in [5.41, 5.74) is 0.205. The molecule has 0 unspecified atom stereocenters. The van der Waals surface area contributed by atoms with Crippen molar-refractivity contribution >= 4 is 68.4 Å². The summed E-state index contributed by atoms with van der Waals surface area (Å²) in [6.07, 6.45) is 0.162. The van der Waals surface area contributed by atoms with Gasteiger partial charge in [0.1, 0.15) is 0 Å². The van der Waals surface area contributed by atoms with E-state index in [9.17, 15) is 18.0 Å². The predicted octanol–water partition coefficient (Wildman–Crippen LogP) is -0.383. The number of nitrogens with zero attached hydrogens (tertiary/aromatic N) is 2. The van der Waals surface area contributed by atoms with Gasteiger partial charge < -0.3 is 15.4 Å². The molecule has 1 heterocycles. The molecular weight excluding hydrogens is 409 g/mol. The van der Waals surface area contributed by atoms with Gasteiger partial charge in [0.25, 0.3) is 5.91 Å². The first-order chi connectivity index (χ1) is 13.9. The zero-order valence-electron chi connectivity index (χ0n) is 16.0. The molecule has 2 amide bonds. The molecule has 0 bridgehead atoms. The van der Waals surface area contributed by atoms with Gasteiger partial charge in [0, 0.05) is 6.07 Å². The molecule has 2 aromatic rings. The molecule has 1 aromatic heterocycles. The second-order valence-corrected chi connectivity index (χ2v) is 7.79. The first-order valence-corrected chi connectivity index (χ1v) is 10.0. The minimum Gasteiger partial charge on any atom is -0.453 e. The van der Waals surface area contributed by atoms with Crippen molar-refractivity contribution in [3.63, 3.8) is 0 Å². The summed E-state index contributed by atoms with van der Waals surface area (Å²) < 4.78 is 30.1. The number of carbonyl (C=O) groups excluding carboxylic acids is 2. The van der Waals surface area contributed by atoms with Crippen molar-refractivity contribution in [1.82, 2.24) is 15.5 Å². The largest absolute Gasteiger partial charge is 0.453 e. The Bertz CT molecular complexity index is 1060. The van der Waals surface area contributed by atoms with E-state index in [2.05, 4.69) is 35.6 Å². The highest BCUT2D eigenvalue weighted by Gasteiger charge is 2.21. The standard InChI is InChI=1S/C15H15B3N6O5S/c1-29-14(26)20-11-7-10(12(23-22-11)13(25)21-15(16,17)18)19-8-5-3-4-6-9(8)24-30(2,27)28/h3-7,24H,1-2H3,(H,21,25)(H2,19,20,22,26). The fraction of sp³-hybridized carbons (Fsp3) is 0.200. The fourth-order valence-electron chi connectivity index (χ4n) is 2.15. The summed E-state index contributed by atoms with van der Waals surface area (Å²) in [5, 5.41) is 12.7. The third-order valence-corrected chi connectivity index (χ3v) is 3.84. The summed E-state index contributed by atoms with van der Waals surface area (Å²) in [6, 6.07) is 7.54. The van der Waals surface area contributed by atoms with Crippen molar-refractivity contribution in [2.45, 2.75) is 5.24 Å². The predicted molar refractivity (Wildman–Crippen MR) is 114 cm³/mol. The molecule has 0 saturated carbocycles. The van der Waals surface area contributed by atoms with Gasteiger partial charge in [-0.1, -0.05) is 17.4 Å². The second kappa shape index (κ2) is 9.07. The van der Waals surface area contributed by atoms with E-state index in [1.807, 2.05) is 0 Å². The van der Waals surface area contributed by atoms with Crippen LogP contribution in [0.15, 0.2) is 30.3 Å². The number of methoxy groups -OCH3 is 1. The molecule has 0 aliphatic rings. The third kappa shape index (κ3) is 6.99. The van der Waals surface area contributed by atoms with E-state index in [1.54, 1.807) is 18.2 Å². The fourth-order valence-corrected chi connectivity index (χ4v) is 2.73. The lowest BCUT2D eigenvalue weighted by atomic mass is 9.49. The van der Waals surface area contributed by atoms with Gasteiger partial charge in [0.2, 0.25) is 10.0 Å². The Morgan fingerprint density at radius 3 is 2.27 bits per heavy atom. The lowest BCUT2D eigenvalue weighted by Gasteiger charge is -2.23. The first kappa shape index (κ1) is 23.1. The Kier molecular flexibility index (Phi) is 6.98. The van der Waals surface area contributed by atoms with Crippen LogP contribution in [-0.4, -0.2) is 72.8 Å². The highest BCUT2D eigenvalue weighted by Crippen LogP contribution is 2.28. The number of ether oxygens (including phenoxy) is 1. The Balaban J connectivity index is 2.49. The van der Waals surface area contributed by atoms with Gasteiger partial charge in [-0.05, 0) is 12.1 Å². The number of nitrogens with one attached hydrogen (secondary N) is 4. The molecule has 4 N–H and O–H groups in total. The van der Waals surface area contributed by atoms with Gasteiger partial charge in [-0.2, -0.15) is 0 Å².